The van der Waals surface area contributed by atoms with Gasteiger partial charge in [0.15, 0.2) is 5.96 Å². The molecule has 0 bridgehead atoms. The largest absolute Gasteiger partial charge is 0.469 e. The van der Waals surface area contributed by atoms with Crippen molar-refractivity contribution in [1.82, 2.24) is 15.5 Å². The Morgan fingerprint density at radius 1 is 1.08 bits per heavy atom. The third kappa shape index (κ3) is 7.22. The Labute approximate surface area is 157 Å². The number of unbranched alkanes of at least 4 members (excludes halogenated alkanes) is 3. The molecule has 1 amide bonds. The van der Waals surface area contributed by atoms with Gasteiger partial charge in [-0.3, -0.25) is 14.6 Å². The van der Waals surface area contributed by atoms with Gasteiger partial charge in [-0.25, -0.2) is 0 Å². The van der Waals surface area contributed by atoms with Crippen molar-refractivity contribution in [2.45, 2.75) is 57.8 Å². The van der Waals surface area contributed by atoms with Crippen LogP contribution >= 0.6 is 0 Å². The number of nitrogens with zero attached hydrogens (tertiary/aromatic N) is 2. The maximum absolute atomic E-state index is 12.6. The monoisotopic (exact) mass is 368 g/mol. The number of carbonyl (C=O) groups excluding carboxylic acids is 2. The van der Waals surface area contributed by atoms with E-state index in [9.17, 15) is 9.59 Å². The van der Waals surface area contributed by atoms with Crippen LogP contribution < -0.4 is 10.6 Å². The van der Waals surface area contributed by atoms with Gasteiger partial charge >= 0.3 is 5.97 Å². The molecule has 26 heavy (non-hydrogen) atoms. The number of methoxy groups -OCH3 is 1. The van der Waals surface area contributed by atoms with Crippen LogP contribution in [0.4, 0.5) is 0 Å². The minimum atomic E-state index is -0.297. The summed E-state index contributed by atoms with van der Waals surface area (Å²) in [5, 5.41) is 6.65. The van der Waals surface area contributed by atoms with Gasteiger partial charge < -0.3 is 20.3 Å². The Balaban J connectivity index is 2.28. The lowest BCUT2D eigenvalue weighted by Gasteiger charge is -2.31. The van der Waals surface area contributed by atoms with Gasteiger partial charge in [0, 0.05) is 40.7 Å². The molecule has 150 valence electrons. The molecule has 7 heteroatoms. The number of carbonyl (C=O) groups is 2. The number of aliphatic imine (C=N–C) groups is 1. The molecule has 0 saturated heterocycles. The topological polar surface area (TPSA) is 83.0 Å². The highest BCUT2D eigenvalue weighted by Gasteiger charge is 2.42. The van der Waals surface area contributed by atoms with Crippen molar-refractivity contribution in [3.8, 4) is 0 Å². The average Bonchev–Trinajstić information content (AvgIpc) is 3.12. The fraction of sp³-hybridized carbons (Fsp3) is 0.842. The molecule has 1 rings (SSSR count). The third-order valence-corrected chi connectivity index (χ3v) is 5.07. The van der Waals surface area contributed by atoms with Crippen LogP contribution in [0.1, 0.15) is 57.8 Å². The summed E-state index contributed by atoms with van der Waals surface area (Å²) < 4.78 is 4.63. The van der Waals surface area contributed by atoms with Gasteiger partial charge in [0.2, 0.25) is 5.91 Å². The van der Waals surface area contributed by atoms with Crippen LogP contribution in [-0.4, -0.2) is 64.1 Å². The second-order valence-electron chi connectivity index (χ2n) is 7.28. The maximum atomic E-state index is 12.6. The smallest absolute Gasteiger partial charge is 0.305 e. The number of hydrogen-bond acceptors (Lipinski definition) is 4. The quantitative estimate of drug-likeness (QED) is 0.266. The number of ether oxygens (including phenoxy) is 1. The summed E-state index contributed by atoms with van der Waals surface area (Å²) in [6.45, 7) is 1.45. The Morgan fingerprint density at radius 2 is 1.73 bits per heavy atom. The van der Waals surface area contributed by atoms with Crippen LogP contribution in [0.2, 0.25) is 0 Å². The molecule has 7 nitrogen and oxygen atoms in total. The molecule has 0 heterocycles. The summed E-state index contributed by atoms with van der Waals surface area (Å²) in [7, 11) is 6.83. The molecular weight excluding hydrogens is 332 g/mol. The standard InChI is InChI=1S/C19H36N4O3/c1-20-18(21-14-10-6-5-7-11-16(24)26-4)22-15-19(12-8-9-13-19)17(25)23(2)3/h5-15H2,1-4H3,(H2,20,21,22). The maximum Gasteiger partial charge on any atom is 0.305 e. The van der Waals surface area contributed by atoms with Crippen LogP contribution in [0.5, 0.6) is 0 Å². The fourth-order valence-corrected chi connectivity index (χ4v) is 3.52. The minimum Gasteiger partial charge on any atom is -0.469 e. The van der Waals surface area contributed by atoms with Gasteiger partial charge in [-0.1, -0.05) is 25.7 Å². The van der Waals surface area contributed by atoms with Gasteiger partial charge in [-0.05, 0) is 25.7 Å². The van der Waals surface area contributed by atoms with Crippen molar-refractivity contribution < 1.29 is 14.3 Å². The molecule has 0 aliphatic heterocycles. The van der Waals surface area contributed by atoms with Crippen molar-refractivity contribution in [3.05, 3.63) is 0 Å². The highest BCUT2D eigenvalue weighted by molar-refractivity contribution is 5.85. The molecule has 0 aromatic rings. The summed E-state index contributed by atoms with van der Waals surface area (Å²) in [5.74, 6) is 0.821. The van der Waals surface area contributed by atoms with E-state index in [1.807, 2.05) is 14.1 Å². The molecule has 0 aromatic heterocycles. The van der Waals surface area contributed by atoms with Crippen molar-refractivity contribution in [2.75, 3.05) is 41.3 Å². The highest BCUT2D eigenvalue weighted by atomic mass is 16.5. The van der Waals surface area contributed by atoms with E-state index in [1.54, 1.807) is 11.9 Å². The first kappa shape index (κ1) is 22.3. The Hall–Kier alpha value is -1.79. The fourth-order valence-electron chi connectivity index (χ4n) is 3.52. The zero-order chi connectivity index (χ0) is 19.4. The number of amides is 1. The van der Waals surface area contributed by atoms with Crippen molar-refractivity contribution >= 4 is 17.8 Å². The summed E-state index contributed by atoms with van der Waals surface area (Å²) in [5.41, 5.74) is -0.297. The first-order valence-electron chi connectivity index (χ1n) is 9.68. The highest BCUT2D eigenvalue weighted by Crippen LogP contribution is 2.38. The van der Waals surface area contributed by atoms with E-state index in [0.717, 1.165) is 63.9 Å². The SMILES string of the molecule is CN=C(NCCCCCCC(=O)OC)NCC1(C(=O)N(C)C)CCCC1. The van der Waals surface area contributed by atoms with Gasteiger partial charge in [-0.15, -0.1) is 0 Å². The molecule has 1 saturated carbocycles. The molecule has 0 unspecified atom stereocenters. The lowest BCUT2D eigenvalue weighted by atomic mass is 9.84. The normalized spacial score (nSPS) is 16.2. The number of guanidine groups is 1. The minimum absolute atomic E-state index is 0.138. The second-order valence-corrected chi connectivity index (χ2v) is 7.28. The predicted molar refractivity (Wildman–Crippen MR) is 104 cm³/mol. The van der Waals surface area contributed by atoms with E-state index in [1.165, 1.54) is 7.11 Å². The van der Waals surface area contributed by atoms with Crippen molar-refractivity contribution in [1.29, 1.82) is 0 Å². The van der Waals surface area contributed by atoms with E-state index in [2.05, 4.69) is 20.4 Å². The number of nitrogens with one attached hydrogen (secondary N) is 2. The molecule has 1 aliphatic carbocycles. The third-order valence-electron chi connectivity index (χ3n) is 5.07. The van der Waals surface area contributed by atoms with Crippen LogP contribution in [0.25, 0.3) is 0 Å². The number of hydrogen-bond donors (Lipinski definition) is 2. The van der Waals surface area contributed by atoms with Gasteiger partial charge in [0.25, 0.3) is 0 Å². The van der Waals surface area contributed by atoms with Crippen LogP contribution in [0.15, 0.2) is 4.99 Å². The molecule has 0 atom stereocenters. The van der Waals surface area contributed by atoms with E-state index < -0.39 is 0 Å². The summed E-state index contributed by atoms with van der Waals surface area (Å²) >= 11 is 0. The van der Waals surface area contributed by atoms with Gasteiger partial charge in [-0.2, -0.15) is 0 Å². The van der Waals surface area contributed by atoms with E-state index in [-0.39, 0.29) is 17.3 Å². The molecule has 0 radical (unpaired) electrons. The summed E-state index contributed by atoms with van der Waals surface area (Å²) in [6, 6.07) is 0. The molecular formula is C19H36N4O3. The zero-order valence-corrected chi connectivity index (χ0v) is 16.9. The molecule has 0 aromatic carbocycles. The molecule has 1 fully saturated rings. The van der Waals surface area contributed by atoms with E-state index in [4.69, 9.17) is 0 Å². The van der Waals surface area contributed by atoms with Gasteiger partial charge in [0.1, 0.15) is 0 Å². The lowest BCUT2D eigenvalue weighted by Crippen LogP contribution is -2.49. The average molecular weight is 369 g/mol. The van der Waals surface area contributed by atoms with Crippen LogP contribution in [-0.2, 0) is 14.3 Å². The van der Waals surface area contributed by atoms with Crippen molar-refractivity contribution in [2.24, 2.45) is 10.4 Å². The summed E-state index contributed by atoms with van der Waals surface area (Å²) in [6.07, 6.45) is 8.56. The number of rotatable bonds is 10. The first-order chi connectivity index (χ1) is 12.4. The van der Waals surface area contributed by atoms with Crippen LogP contribution in [0, 0.1) is 5.41 Å². The molecule has 0 spiro atoms. The van der Waals surface area contributed by atoms with Crippen LogP contribution in [0.3, 0.4) is 0 Å². The van der Waals surface area contributed by atoms with Crippen molar-refractivity contribution in [3.63, 3.8) is 0 Å². The number of esters is 1. The lowest BCUT2D eigenvalue weighted by molar-refractivity contribution is -0.141. The first-order valence-corrected chi connectivity index (χ1v) is 9.68. The van der Waals surface area contributed by atoms with E-state index in [0.29, 0.717) is 13.0 Å². The van der Waals surface area contributed by atoms with Gasteiger partial charge in [0.05, 0.1) is 12.5 Å². The Kier molecular flexibility index (Phi) is 10.1. The molecule has 2 N–H and O–H groups in total. The molecule has 1 aliphatic rings. The zero-order valence-electron chi connectivity index (χ0n) is 16.9. The van der Waals surface area contributed by atoms with E-state index >= 15 is 0 Å². The predicted octanol–water partition coefficient (Wildman–Crippen LogP) is 1.92. The Bertz CT molecular complexity index is 471. The Morgan fingerprint density at radius 3 is 2.31 bits per heavy atom. The summed E-state index contributed by atoms with van der Waals surface area (Å²) in [4.78, 5) is 29.6. The second kappa shape index (κ2) is 11.8.